The normalized spacial score (nSPS) is 24.9. The number of aliphatic hydroxyl groups excluding tert-OH is 1. The molecule has 4 heterocycles. The fraction of sp³-hybridized carbons (Fsp3) is 0.391. The number of amides is 1. The Kier molecular flexibility index (Phi) is 4.16. The molecule has 0 aromatic carbocycles. The first kappa shape index (κ1) is 18.8. The van der Waals surface area contributed by atoms with E-state index in [0.29, 0.717) is 6.54 Å². The van der Waals surface area contributed by atoms with Crippen molar-refractivity contribution in [3.63, 3.8) is 0 Å². The second-order valence-corrected chi connectivity index (χ2v) is 8.50. The Bertz CT molecular complexity index is 1170. The highest BCUT2D eigenvalue weighted by Crippen LogP contribution is 2.54. The molecule has 1 unspecified atom stereocenters. The summed E-state index contributed by atoms with van der Waals surface area (Å²) in [6.45, 7) is 4.25. The van der Waals surface area contributed by atoms with E-state index in [1.165, 1.54) is 0 Å². The molecule has 7 nitrogen and oxygen atoms in total. The Morgan fingerprint density at radius 2 is 2.13 bits per heavy atom. The van der Waals surface area contributed by atoms with E-state index in [-0.39, 0.29) is 17.7 Å². The number of carbonyl (C=O) groups is 1. The van der Waals surface area contributed by atoms with E-state index in [1.807, 2.05) is 37.4 Å². The van der Waals surface area contributed by atoms with Crippen LogP contribution in [0.1, 0.15) is 38.4 Å². The molecule has 1 N–H and O–H groups in total. The summed E-state index contributed by atoms with van der Waals surface area (Å²) in [5.41, 5.74) is 3.06. The number of aliphatic hydroxyl groups is 1. The number of nitriles is 1. The first-order valence-corrected chi connectivity index (χ1v) is 10.3. The van der Waals surface area contributed by atoms with E-state index in [0.717, 1.165) is 40.9 Å². The molecular weight excluding hydrogens is 378 g/mol. The van der Waals surface area contributed by atoms with Crippen LogP contribution >= 0.6 is 0 Å². The van der Waals surface area contributed by atoms with Crippen LogP contribution in [0.2, 0.25) is 0 Å². The van der Waals surface area contributed by atoms with Crippen LogP contribution in [0.15, 0.2) is 42.9 Å². The van der Waals surface area contributed by atoms with Gasteiger partial charge in [-0.3, -0.25) is 9.78 Å². The van der Waals surface area contributed by atoms with Gasteiger partial charge in [0.25, 0.3) is 0 Å². The zero-order valence-electron chi connectivity index (χ0n) is 17.0. The van der Waals surface area contributed by atoms with Crippen molar-refractivity contribution in [1.82, 2.24) is 14.6 Å². The molecule has 152 valence electrons. The van der Waals surface area contributed by atoms with Gasteiger partial charge in [0.15, 0.2) is 0 Å². The largest absolute Gasteiger partial charge is 0.389 e. The Hall–Kier alpha value is -3.24. The number of anilines is 1. The number of pyridine rings is 1. The van der Waals surface area contributed by atoms with Crippen molar-refractivity contribution in [2.45, 2.75) is 32.8 Å². The molecule has 0 spiro atoms. The summed E-state index contributed by atoms with van der Waals surface area (Å²) in [5, 5.41) is 24.0. The lowest BCUT2D eigenvalue weighted by molar-refractivity contribution is -0.124. The molecule has 2 fully saturated rings. The predicted octanol–water partition coefficient (Wildman–Crippen LogP) is 3.35. The van der Waals surface area contributed by atoms with Gasteiger partial charge in [-0.25, -0.2) is 4.52 Å². The average Bonchev–Trinajstić information content (AvgIpc) is 3.44. The molecule has 30 heavy (non-hydrogen) atoms. The molecule has 3 atom stereocenters. The van der Waals surface area contributed by atoms with Gasteiger partial charge in [0.2, 0.25) is 5.91 Å². The Morgan fingerprint density at radius 3 is 2.77 bits per heavy atom. The highest BCUT2D eigenvalue weighted by atomic mass is 16.3. The van der Waals surface area contributed by atoms with Crippen LogP contribution in [0.3, 0.4) is 0 Å². The minimum atomic E-state index is -0.909. The van der Waals surface area contributed by atoms with Crippen LogP contribution in [-0.4, -0.2) is 32.2 Å². The van der Waals surface area contributed by atoms with Crippen LogP contribution in [0, 0.1) is 28.6 Å². The number of hydrogen-bond acceptors (Lipinski definition) is 5. The lowest BCUT2D eigenvalue weighted by atomic mass is 9.75. The van der Waals surface area contributed by atoms with Gasteiger partial charge >= 0.3 is 0 Å². The minimum absolute atomic E-state index is 0.0140. The van der Waals surface area contributed by atoms with Crippen LogP contribution in [0.25, 0.3) is 16.8 Å². The van der Waals surface area contributed by atoms with Crippen molar-refractivity contribution in [2.75, 3.05) is 11.4 Å². The first-order chi connectivity index (χ1) is 14.5. The Morgan fingerprint density at radius 1 is 1.33 bits per heavy atom. The van der Waals surface area contributed by atoms with Gasteiger partial charge in [0.1, 0.15) is 5.41 Å². The molecule has 3 aromatic heterocycles. The molecule has 7 heteroatoms. The molecule has 1 saturated carbocycles. The maximum Gasteiger partial charge on any atom is 0.248 e. The third-order valence-corrected chi connectivity index (χ3v) is 6.58. The molecule has 3 aromatic rings. The van der Waals surface area contributed by atoms with Gasteiger partial charge in [-0.15, -0.1) is 0 Å². The lowest BCUT2D eigenvalue weighted by Crippen LogP contribution is -2.37. The van der Waals surface area contributed by atoms with Gasteiger partial charge in [-0.1, -0.05) is 13.0 Å². The Labute approximate surface area is 174 Å². The van der Waals surface area contributed by atoms with Crippen LogP contribution in [-0.2, 0) is 4.79 Å². The summed E-state index contributed by atoms with van der Waals surface area (Å²) in [7, 11) is 0. The molecule has 1 amide bonds. The summed E-state index contributed by atoms with van der Waals surface area (Å²) >= 11 is 0. The third-order valence-electron chi connectivity index (χ3n) is 6.58. The van der Waals surface area contributed by atoms with E-state index in [9.17, 15) is 15.2 Å². The first-order valence-electron chi connectivity index (χ1n) is 10.3. The van der Waals surface area contributed by atoms with Crippen molar-refractivity contribution >= 4 is 17.1 Å². The Balaban J connectivity index is 1.55. The second-order valence-electron chi connectivity index (χ2n) is 8.50. The quantitative estimate of drug-likeness (QED) is 0.723. The maximum atomic E-state index is 13.4. The number of aromatic nitrogens is 3. The van der Waals surface area contributed by atoms with Crippen molar-refractivity contribution in [2.24, 2.45) is 17.3 Å². The maximum absolute atomic E-state index is 13.4. The number of rotatable bonds is 4. The van der Waals surface area contributed by atoms with Crippen molar-refractivity contribution in [3.05, 3.63) is 48.4 Å². The van der Waals surface area contributed by atoms with Gasteiger partial charge in [-0.05, 0) is 49.4 Å². The van der Waals surface area contributed by atoms with E-state index in [2.05, 4.69) is 16.2 Å². The SMILES string of the molecule is CC(O)c1ccc(-c2cc3c(N4C[C@@H](C)[C@@](C#N)(C5CC5)C4=O)ccnn3c2)nc1. The van der Waals surface area contributed by atoms with Gasteiger partial charge in [0, 0.05) is 36.6 Å². The molecule has 1 aliphatic carbocycles. The number of hydrogen-bond donors (Lipinski definition) is 1. The van der Waals surface area contributed by atoms with Crippen molar-refractivity contribution < 1.29 is 9.90 Å². The van der Waals surface area contributed by atoms with Gasteiger partial charge < -0.3 is 10.0 Å². The molecular formula is C23H23N5O2. The molecule has 0 radical (unpaired) electrons. The summed E-state index contributed by atoms with van der Waals surface area (Å²) in [4.78, 5) is 19.6. The standard InChI is InChI=1S/C23H23N5O2/c1-14-11-27(22(30)23(14,13-24)18-4-5-18)20-7-8-26-28-12-17(9-21(20)28)19-6-3-16(10-25-19)15(2)29/h3,6-10,12,14-15,18,29H,4-5,11H2,1-2H3/t14-,15?,23+/m1/s1. The highest BCUT2D eigenvalue weighted by Gasteiger charge is 2.61. The molecule has 1 saturated heterocycles. The van der Waals surface area contributed by atoms with Crippen LogP contribution in [0.4, 0.5) is 5.69 Å². The van der Waals surface area contributed by atoms with E-state index in [1.54, 1.807) is 28.7 Å². The van der Waals surface area contributed by atoms with Gasteiger partial charge in [-0.2, -0.15) is 10.4 Å². The predicted molar refractivity (Wildman–Crippen MR) is 111 cm³/mol. The third kappa shape index (κ3) is 2.64. The fourth-order valence-corrected chi connectivity index (χ4v) is 4.70. The average molecular weight is 401 g/mol. The molecule has 2 aliphatic rings. The minimum Gasteiger partial charge on any atom is -0.389 e. The molecule has 0 bridgehead atoms. The van der Waals surface area contributed by atoms with Crippen molar-refractivity contribution in [3.8, 4) is 17.3 Å². The monoisotopic (exact) mass is 401 g/mol. The van der Waals surface area contributed by atoms with E-state index >= 15 is 0 Å². The van der Waals surface area contributed by atoms with E-state index < -0.39 is 11.5 Å². The van der Waals surface area contributed by atoms with Crippen molar-refractivity contribution in [1.29, 1.82) is 5.26 Å². The number of nitrogens with zero attached hydrogens (tertiary/aromatic N) is 5. The van der Waals surface area contributed by atoms with Crippen LogP contribution < -0.4 is 4.90 Å². The van der Waals surface area contributed by atoms with Gasteiger partial charge in [0.05, 0.1) is 29.1 Å². The summed E-state index contributed by atoms with van der Waals surface area (Å²) in [6.07, 6.45) is 6.56. The lowest BCUT2D eigenvalue weighted by Gasteiger charge is -2.23. The molecule has 1 aliphatic heterocycles. The van der Waals surface area contributed by atoms with E-state index in [4.69, 9.17) is 0 Å². The smallest absolute Gasteiger partial charge is 0.248 e. The topological polar surface area (TPSA) is 94.5 Å². The zero-order chi connectivity index (χ0) is 21.0. The summed E-state index contributed by atoms with van der Waals surface area (Å²) < 4.78 is 1.75. The second kappa shape index (κ2) is 6.64. The summed E-state index contributed by atoms with van der Waals surface area (Å²) in [6, 6.07) is 9.92. The zero-order valence-corrected chi connectivity index (χ0v) is 17.0. The van der Waals surface area contributed by atoms with Crippen LogP contribution in [0.5, 0.6) is 0 Å². The summed E-state index contributed by atoms with van der Waals surface area (Å²) in [5.74, 6) is 0.0712. The number of carbonyl (C=O) groups excluding carboxylic acids is 1. The highest BCUT2D eigenvalue weighted by molar-refractivity contribution is 6.05. The molecule has 5 rings (SSSR count). The fourth-order valence-electron chi connectivity index (χ4n) is 4.70. The number of fused-ring (bicyclic) bond motifs is 1.